The van der Waals surface area contributed by atoms with Gasteiger partial charge in [-0.05, 0) is 0 Å². The van der Waals surface area contributed by atoms with Crippen LogP contribution in [-0.4, -0.2) is 51.6 Å². The quantitative estimate of drug-likeness (QED) is 0.681. The molecule has 1 fully saturated rings. The van der Waals surface area contributed by atoms with E-state index < -0.39 is 30.2 Å². The fraction of sp³-hybridized carbons (Fsp3) is 0.600. The van der Waals surface area contributed by atoms with Crippen molar-refractivity contribution >= 4 is 0 Å². The highest BCUT2D eigenvalue weighted by Gasteiger charge is 2.35. The molecule has 0 aliphatic carbocycles. The maximum Gasteiger partial charge on any atom is 0.435 e. The van der Waals surface area contributed by atoms with Crippen molar-refractivity contribution in [1.82, 2.24) is 15.3 Å². The lowest BCUT2D eigenvalue weighted by Crippen LogP contribution is -2.55. The first-order valence-corrected chi connectivity index (χ1v) is 5.50. The zero-order chi connectivity index (χ0) is 14.0. The maximum absolute atomic E-state index is 12.4. The van der Waals surface area contributed by atoms with Gasteiger partial charge in [-0.25, -0.2) is 4.98 Å². The first-order valence-electron chi connectivity index (χ1n) is 5.50. The molecular formula is C10H12F3N3O3. The van der Waals surface area contributed by atoms with Crippen LogP contribution < -0.4 is 10.1 Å². The third kappa shape index (κ3) is 3.31. The van der Waals surface area contributed by atoms with Crippen molar-refractivity contribution in [3.05, 3.63) is 18.1 Å². The lowest BCUT2D eigenvalue weighted by atomic mass is 10.0. The molecule has 0 amide bonds. The highest BCUT2D eigenvalue weighted by Crippen LogP contribution is 2.28. The Kier molecular flexibility index (Phi) is 3.88. The number of piperidine rings is 1. The molecule has 1 saturated heterocycles. The maximum atomic E-state index is 12.4. The number of hydrogen-bond acceptors (Lipinski definition) is 6. The molecule has 1 aliphatic heterocycles. The summed E-state index contributed by atoms with van der Waals surface area (Å²) in [6, 6.07) is 0. The Morgan fingerprint density at radius 1 is 1.26 bits per heavy atom. The van der Waals surface area contributed by atoms with Gasteiger partial charge in [0.15, 0.2) is 5.69 Å². The number of alkyl halides is 3. The molecule has 1 aliphatic rings. The molecule has 0 unspecified atom stereocenters. The normalized spacial score (nSPS) is 28.2. The van der Waals surface area contributed by atoms with E-state index in [1.807, 2.05) is 0 Å². The van der Waals surface area contributed by atoms with Gasteiger partial charge in [0.05, 0.1) is 18.5 Å². The summed E-state index contributed by atoms with van der Waals surface area (Å²) in [5.74, 6) is -0.352. The molecule has 0 spiro atoms. The second kappa shape index (κ2) is 5.27. The molecule has 1 aromatic heterocycles. The summed E-state index contributed by atoms with van der Waals surface area (Å²) in [5.41, 5.74) is -1.18. The zero-order valence-corrected chi connectivity index (χ0v) is 9.63. The highest BCUT2D eigenvalue weighted by molar-refractivity contribution is 5.11. The van der Waals surface area contributed by atoms with Gasteiger partial charge >= 0.3 is 6.18 Å². The lowest BCUT2D eigenvalue weighted by molar-refractivity contribution is -0.142. The Morgan fingerprint density at radius 3 is 2.68 bits per heavy atom. The topological polar surface area (TPSA) is 87.5 Å². The fourth-order valence-corrected chi connectivity index (χ4v) is 1.67. The van der Waals surface area contributed by atoms with Crippen LogP contribution in [0, 0.1) is 0 Å². The van der Waals surface area contributed by atoms with E-state index in [2.05, 4.69) is 15.3 Å². The SMILES string of the molecule is O[C@@H]1[C@@H](Oc2cncc(C(F)(F)F)n2)CNC[C@@H]1O. The number of halogens is 3. The summed E-state index contributed by atoms with van der Waals surface area (Å²) in [6.45, 7) is 0.380. The predicted octanol–water partition coefficient (Wildman–Crippen LogP) is -0.432. The van der Waals surface area contributed by atoms with Crippen LogP contribution in [0.15, 0.2) is 12.4 Å². The minimum absolute atomic E-state index is 0.190. The van der Waals surface area contributed by atoms with Crippen LogP contribution >= 0.6 is 0 Å². The molecule has 1 aromatic rings. The third-order valence-corrected chi connectivity index (χ3v) is 2.65. The van der Waals surface area contributed by atoms with Gasteiger partial charge in [0, 0.05) is 13.1 Å². The molecular weight excluding hydrogens is 267 g/mol. The van der Waals surface area contributed by atoms with Gasteiger partial charge in [0.1, 0.15) is 12.2 Å². The molecule has 2 rings (SSSR count). The molecule has 3 N–H and O–H groups in total. The average Bonchev–Trinajstić information content (AvgIpc) is 2.34. The molecule has 2 heterocycles. The van der Waals surface area contributed by atoms with Crippen molar-refractivity contribution < 1.29 is 28.1 Å². The fourth-order valence-electron chi connectivity index (χ4n) is 1.67. The van der Waals surface area contributed by atoms with Gasteiger partial charge in [0.25, 0.3) is 0 Å². The minimum atomic E-state index is -4.62. The van der Waals surface area contributed by atoms with Gasteiger partial charge in [-0.1, -0.05) is 0 Å². The number of ether oxygens (including phenoxy) is 1. The van der Waals surface area contributed by atoms with E-state index in [9.17, 15) is 23.4 Å². The summed E-state index contributed by atoms with van der Waals surface area (Å²) >= 11 is 0. The predicted molar refractivity (Wildman–Crippen MR) is 56.3 cm³/mol. The number of aromatic nitrogens is 2. The molecule has 6 nitrogen and oxygen atoms in total. The molecule has 9 heteroatoms. The van der Waals surface area contributed by atoms with E-state index in [1.54, 1.807) is 0 Å². The molecule has 106 valence electrons. The average molecular weight is 279 g/mol. The van der Waals surface area contributed by atoms with E-state index in [4.69, 9.17) is 4.74 Å². The second-order valence-electron chi connectivity index (χ2n) is 4.11. The number of β-amino-alcohol motifs (C(OH)–C–C–N with tert-alkyl or cyclic N) is 1. The van der Waals surface area contributed by atoms with Crippen LogP contribution in [0.2, 0.25) is 0 Å². The molecule has 0 saturated carbocycles. The van der Waals surface area contributed by atoms with Crippen LogP contribution in [0.1, 0.15) is 5.69 Å². The number of rotatable bonds is 2. The Balaban J connectivity index is 2.11. The second-order valence-corrected chi connectivity index (χ2v) is 4.11. The van der Waals surface area contributed by atoms with Crippen molar-refractivity contribution in [1.29, 1.82) is 0 Å². The van der Waals surface area contributed by atoms with E-state index in [-0.39, 0.29) is 19.0 Å². The van der Waals surface area contributed by atoms with E-state index in [1.165, 1.54) is 0 Å². The number of hydrogen-bond donors (Lipinski definition) is 3. The van der Waals surface area contributed by atoms with Gasteiger partial charge in [-0.2, -0.15) is 13.2 Å². The summed E-state index contributed by atoms with van der Waals surface area (Å²) in [7, 11) is 0. The van der Waals surface area contributed by atoms with Crippen LogP contribution in [-0.2, 0) is 6.18 Å². The Labute approximate surface area is 106 Å². The summed E-state index contributed by atoms with van der Waals surface area (Å²) in [4.78, 5) is 6.66. The molecule has 0 aromatic carbocycles. The van der Waals surface area contributed by atoms with Crippen LogP contribution in [0.25, 0.3) is 0 Å². The molecule has 3 atom stereocenters. The number of aliphatic hydroxyl groups excluding tert-OH is 2. The van der Waals surface area contributed by atoms with Gasteiger partial charge in [-0.15, -0.1) is 0 Å². The first-order chi connectivity index (χ1) is 8.88. The van der Waals surface area contributed by atoms with Crippen molar-refractivity contribution in [2.24, 2.45) is 0 Å². The van der Waals surface area contributed by atoms with Gasteiger partial charge in [-0.3, -0.25) is 4.98 Å². The third-order valence-electron chi connectivity index (χ3n) is 2.65. The molecule has 0 bridgehead atoms. The standard InChI is InChI=1S/C10H12F3N3O3/c11-10(12,13)7-3-15-4-8(16-7)19-6-2-14-1-5(17)9(6)18/h3-6,9,14,17-18H,1-2H2/t5-,6-,9-/m0/s1. The Morgan fingerprint density at radius 2 is 2.00 bits per heavy atom. The van der Waals surface area contributed by atoms with Gasteiger partial charge in [0.2, 0.25) is 5.88 Å². The van der Waals surface area contributed by atoms with Crippen LogP contribution in [0.3, 0.4) is 0 Å². The Hall–Kier alpha value is -1.45. The molecule has 0 radical (unpaired) electrons. The van der Waals surface area contributed by atoms with Crippen molar-refractivity contribution in [3.8, 4) is 5.88 Å². The lowest BCUT2D eigenvalue weighted by Gasteiger charge is -2.32. The monoisotopic (exact) mass is 279 g/mol. The number of aliphatic hydroxyl groups is 2. The van der Waals surface area contributed by atoms with Crippen molar-refractivity contribution in [3.63, 3.8) is 0 Å². The summed E-state index contributed by atoms with van der Waals surface area (Å²) in [5, 5.41) is 21.8. The van der Waals surface area contributed by atoms with Crippen molar-refractivity contribution in [2.75, 3.05) is 13.1 Å². The van der Waals surface area contributed by atoms with E-state index >= 15 is 0 Å². The first kappa shape index (κ1) is 14.0. The van der Waals surface area contributed by atoms with Gasteiger partial charge < -0.3 is 20.3 Å². The minimum Gasteiger partial charge on any atom is -0.469 e. The zero-order valence-electron chi connectivity index (χ0n) is 9.63. The van der Waals surface area contributed by atoms with E-state index in [0.29, 0.717) is 6.20 Å². The van der Waals surface area contributed by atoms with E-state index in [0.717, 1.165) is 6.20 Å². The smallest absolute Gasteiger partial charge is 0.435 e. The summed E-state index contributed by atoms with van der Waals surface area (Å²) in [6.07, 6.45) is -6.15. The summed E-state index contributed by atoms with van der Waals surface area (Å²) < 4.78 is 42.4. The molecule has 19 heavy (non-hydrogen) atoms. The number of nitrogens with one attached hydrogen (secondary N) is 1. The van der Waals surface area contributed by atoms with Crippen LogP contribution in [0.4, 0.5) is 13.2 Å². The van der Waals surface area contributed by atoms with Crippen LogP contribution in [0.5, 0.6) is 5.88 Å². The highest BCUT2D eigenvalue weighted by atomic mass is 19.4. The Bertz CT molecular complexity index is 444. The largest absolute Gasteiger partial charge is 0.469 e. The number of nitrogens with zero attached hydrogens (tertiary/aromatic N) is 2. The van der Waals surface area contributed by atoms with Crippen molar-refractivity contribution in [2.45, 2.75) is 24.5 Å².